The van der Waals surface area contributed by atoms with Gasteiger partial charge in [0.2, 0.25) is 5.95 Å². The highest BCUT2D eigenvalue weighted by Crippen LogP contribution is 2.21. The van der Waals surface area contributed by atoms with E-state index in [1.54, 1.807) is 17.9 Å². The molecule has 7 nitrogen and oxygen atoms in total. The monoisotopic (exact) mass is 251 g/mol. The predicted octanol–water partition coefficient (Wildman–Crippen LogP) is 0.941. The minimum absolute atomic E-state index is 0.0562. The average molecular weight is 251 g/mol. The van der Waals surface area contributed by atoms with E-state index < -0.39 is 5.82 Å². The van der Waals surface area contributed by atoms with Crippen molar-refractivity contribution in [1.29, 1.82) is 0 Å². The maximum Gasteiger partial charge on any atom is 0.239 e. The highest BCUT2D eigenvalue weighted by Gasteiger charge is 2.11. The number of nitrogen functional groups attached to an aromatic ring is 1. The van der Waals surface area contributed by atoms with Gasteiger partial charge >= 0.3 is 0 Å². The van der Waals surface area contributed by atoms with E-state index >= 15 is 0 Å². The van der Waals surface area contributed by atoms with Crippen LogP contribution in [0.4, 0.5) is 21.8 Å². The number of aromatic nitrogens is 4. The fourth-order valence-electron chi connectivity index (χ4n) is 1.55. The average Bonchev–Trinajstić information content (AvgIpc) is 2.72. The molecule has 0 aliphatic rings. The molecule has 96 valence electrons. The Hall–Kier alpha value is -2.22. The van der Waals surface area contributed by atoms with Crippen molar-refractivity contribution in [3.63, 3.8) is 0 Å². The summed E-state index contributed by atoms with van der Waals surface area (Å²) in [6, 6.07) is 0. The lowest BCUT2D eigenvalue weighted by Crippen LogP contribution is -2.12. The van der Waals surface area contributed by atoms with Crippen LogP contribution in [0.3, 0.4) is 0 Å². The second-order valence-corrected chi connectivity index (χ2v) is 3.68. The van der Waals surface area contributed by atoms with E-state index in [1.807, 2.05) is 6.92 Å². The fourth-order valence-corrected chi connectivity index (χ4v) is 1.55. The third kappa shape index (κ3) is 2.38. The smallest absolute Gasteiger partial charge is 0.239 e. The highest BCUT2D eigenvalue weighted by molar-refractivity contribution is 5.59. The molecule has 0 aromatic carbocycles. The molecule has 2 heterocycles. The van der Waals surface area contributed by atoms with Gasteiger partial charge in [-0.25, -0.2) is 15.2 Å². The van der Waals surface area contributed by atoms with Crippen LogP contribution in [0.2, 0.25) is 0 Å². The normalized spacial score (nSPS) is 10.4. The number of nitrogens with one attached hydrogen (secondary N) is 2. The van der Waals surface area contributed by atoms with Crippen molar-refractivity contribution >= 4 is 17.5 Å². The van der Waals surface area contributed by atoms with Gasteiger partial charge in [0.05, 0.1) is 17.6 Å². The van der Waals surface area contributed by atoms with Gasteiger partial charge in [-0.15, -0.1) is 0 Å². The second kappa shape index (κ2) is 4.96. The van der Waals surface area contributed by atoms with E-state index in [9.17, 15) is 4.39 Å². The number of nitrogens with two attached hydrogens (primary N) is 1. The summed E-state index contributed by atoms with van der Waals surface area (Å²) in [5.41, 5.74) is 3.80. The minimum atomic E-state index is -0.556. The van der Waals surface area contributed by atoms with Gasteiger partial charge in [0.25, 0.3) is 0 Å². The maximum atomic E-state index is 13.6. The first-order valence-electron chi connectivity index (χ1n) is 5.42. The molecule has 0 radical (unpaired) electrons. The van der Waals surface area contributed by atoms with Gasteiger partial charge in [0.15, 0.2) is 11.6 Å². The fraction of sp³-hybridized carbons (Fsp3) is 0.300. The number of hydrazine groups is 1. The zero-order valence-corrected chi connectivity index (χ0v) is 10.1. The van der Waals surface area contributed by atoms with E-state index in [0.29, 0.717) is 5.69 Å². The van der Waals surface area contributed by atoms with Gasteiger partial charge in [0, 0.05) is 13.2 Å². The van der Waals surface area contributed by atoms with Crippen molar-refractivity contribution in [3.05, 3.63) is 23.9 Å². The van der Waals surface area contributed by atoms with E-state index in [2.05, 4.69) is 25.8 Å². The number of hydrogen-bond acceptors (Lipinski definition) is 6. The quantitative estimate of drug-likeness (QED) is 0.553. The van der Waals surface area contributed by atoms with Crippen LogP contribution in [0.25, 0.3) is 0 Å². The number of nitrogens with zero attached hydrogens (tertiary/aromatic N) is 4. The summed E-state index contributed by atoms with van der Waals surface area (Å²) in [4.78, 5) is 7.56. The Morgan fingerprint density at radius 3 is 2.94 bits per heavy atom. The number of halogens is 1. The van der Waals surface area contributed by atoms with Crippen molar-refractivity contribution in [3.8, 4) is 0 Å². The Morgan fingerprint density at radius 1 is 1.50 bits per heavy atom. The van der Waals surface area contributed by atoms with E-state index in [0.717, 1.165) is 18.3 Å². The number of hydrogen-bond donors (Lipinski definition) is 3. The molecule has 8 heteroatoms. The zero-order chi connectivity index (χ0) is 13.1. The largest absolute Gasteiger partial charge is 0.335 e. The Balaban J connectivity index is 2.32. The van der Waals surface area contributed by atoms with Gasteiger partial charge < -0.3 is 5.32 Å². The topological polar surface area (TPSA) is 93.7 Å². The first kappa shape index (κ1) is 12.2. The van der Waals surface area contributed by atoms with Crippen molar-refractivity contribution < 1.29 is 4.39 Å². The van der Waals surface area contributed by atoms with E-state index in [4.69, 9.17) is 5.84 Å². The van der Waals surface area contributed by atoms with Gasteiger partial charge in [-0.3, -0.25) is 10.1 Å². The lowest BCUT2D eigenvalue weighted by molar-refractivity contribution is 0.619. The molecule has 2 aromatic rings. The molecule has 0 bridgehead atoms. The second-order valence-electron chi connectivity index (χ2n) is 3.68. The third-order valence-corrected chi connectivity index (χ3v) is 2.37. The Morgan fingerprint density at radius 2 is 2.28 bits per heavy atom. The molecule has 0 atom stereocenters. The number of rotatable bonds is 4. The Bertz CT molecular complexity index is 551. The summed E-state index contributed by atoms with van der Waals surface area (Å²) in [5.74, 6) is 4.82. The van der Waals surface area contributed by atoms with E-state index in [-0.39, 0.29) is 11.8 Å². The summed E-state index contributed by atoms with van der Waals surface area (Å²) in [6.45, 7) is 1.97. The minimum Gasteiger partial charge on any atom is -0.335 e. The molecule has 0 aliphatic carbocycles. The third-order valence-electron chi connectivity index (χ3n) is 2.37. The van der Waals surface area contributed by atoms with Gasteiger partial charge in [-0.1, -0.05) is 6.92 Å². The molecule has 0 amide bonds. The summed E-state index contributed by atoms with van der Waals surface area (Å²) in [6.07, 6.45) is 3.54. The number of aryl methyl sites for hydroxylation is 2. The molecular weight excluding hydrogens is 237 g/mol. The lowest BCUT2D eigenvalue weighted by atomic mass is 10.3. The summed E-state index contributed by atoms with van der Waals surface area (Å²) in [7, 11) is 1.80. The molecule has 2 rings (SSSR count). The maximum absolute atomic E-state index is 13.6. The van der Waals surface area contributed by atoms with Crippen LogP contribution < -0.4 is 16.6 Å². The lowest BCUT2D eigenvalue weighted by Gasteiger charge is -2.06. The van der Waals surface area contributed by atoms with Crippen LogP contribution in [0.5, 0.6) is 0 Å². The predicted molar refractivity (Wildman–Crippen MR) is 65.7 cm³/mol. The highest BCUT2D eigenvalue weighted by atomic mass is 19.1. The summed E-state index contributed by atoms with van der Waals surface area (Å²) < 4.78 is 15.2. The van der Waals surface area contributed by atoms with Crippen LogP contribution in [0.15, 0.2) is 12.4 Å². The molecule has 0 unspecified atom stereocenters. The molecule has 0 fully saturated rings. The van der Waals surface area contributed by atoms with Crippen molar-refractivity contribution in [2.45, 2.75) is 13.3 Å². The van der Waals surface area contributed by atoms with Crippen LogP contribution in [0.1, 0.15) is 12.6 Å². The SMILES string of the molecule is CCc1nn(C)cc1Nc1nc(NN)ncc1F. The first-order valence-corrected chi connectivity index (χ1v) is 5.42. The molecular formula is C10H14FN7. The molecule has 0 saturated heterocycles. The van der Waals surface area contributed by atoms with Crippen LogP contribution in [-0.4, -0.2) is 19.7 Å². The summed E-state index contributed by atoms with van der Waals surface area (Å²) in [5, 5.41) is 7.13. The van der Waals surface area contributed by atoms with Crippen molar-refractivity contribution in [2.75, 3.05) is 10.7 Å². The summed E-state index contributed by atoms with van der Waals surface area (Å²) >= 11 is 0. The number of anilines is 3. The molecule has 2 aromatic heterocycles. The molecule has 0 spiro atoms. The van der Waals surface area contributed by atoms with Crippen molar-refractivity contribution in [2.24, 2.45) is 12.9 Å². The van der Waals surface area contributed by atoms with Gasteiger partial charge in [-0.2, -0.15) is 10.1 Å². The van der Waals surface area contributed by atoms with Crippen LogP contribution >= 0.6 is 0 Å². The molecule has 0 saturated carbocycles. The standard InChI is InChI=1S/C10H14FN7/c1-3-7-8(5-18(2)17-7)14-9-6(11)4-13-10(15-9)16-12/h4-5H,3,12H2,1-2H3,(H2,13,14,15,16). The Labute approximate surface area is 103 Å². The van der Waals surface area contributed by atoms with E-state index in [1.165, 1.54) is 0 Å². The van der Waals surface area contributed by atoms with Gasteiger partial charge in [0.1, 0.15) is 0 Å². The van der Waals surface area contributed by atoms with Crippen molar-refractivity contribution in [1.82, 2.24) is 19.7 Å². The Kier molecular flexibility index (Phi) is 3.38. The van der Waals surface area contributed by atoms with Crippen LogP contribution in [-0.2, 0) is 13.5 Å². The molecule has 0 aliphatic heterocycles. The zero-order valence-electron chi connectivity index (χ0n) is 10.1. The van der Waals surface area contributed by atoms with Crippen LogP contribution in [0, 0.1) is 5.82 Å². The first-order chi connectivity index (χ1) is 8.63. The molecule has 4 N–H and O–H groups in total. The molecule has 18 heavy (non-hydrogen) atoms. The van der Waals surface area contributed by atoms with Gasteiger partial charge in [-0.05, 0) is 6.42 Å².